The van der Waals surface area contributed by atoms with E-state index in [1.54, 1.807) is 7.11 Å². The fourth-order valence-corrected chi connectivity index (χ4v) is 2.29. The molecule has 1 amide bonds. The number of ether oxygens (including phenoxy) is 1. The van der Waals surface area contributed by atoms with Crippen LogP contribution in [0.3, 0.4) is 0 Å². The molecular weight excluding hydrogens is 216 g/mol. The maximum atomic E-state index is 11.6. The van der Waals surface area contributed by atoms with E-state index in [4.69, 9.17) is 4.74 Å². The summed E-state index contributed by atoms with van der Waals surface area (Å²) in [4.78, 5) is 13.9. The first-order valence-electron chi connectivity index (χ1n) is 6.62. The molecule has 0 bridgehead atoms. The molecule has 100 valence electrons. The highest BCUT2D eigenvalue weighted by molar-refractivity contribution is 5.78. The number of nitrogens with one attached hydrogen (secondary N) is 1. The van der Waals surface area contributed by atoms with E-state index in [1.165, 1.54) is 12.8 Å². The third kappa shape index (κ3) is 6.03. The molecule has 0 aliphatic carbocycles. The third-order valence-electron chi connectivity index (χ3n) is 3.25. The van der Waals surface area contributed by atoms with Gasteiger partial charge < -0.3 is 10.1 Å². The van der Waals surface area contributed by atoms with E-state index in [0.29, 0.717) is 6.54 Å². The molecule has 0 aromatic heterocycles. The number of piperidine rings is 1. The number of rotatable bonds is 6. The van der Waals surface area contributed by atoms with Crippen molar-refractivity contribution in [2.75, 3.05) is 33.4 Å². The summed E-state index contributed by atoms with van der Waals surface area (Å²) in [5.74, 6) is 0.926. The number of nitrogens with zero attached hydrogens (tertiary/aromatic N) is 1. The molecule has 0 atom stereocenters. The second-order valence-electron chi connectivity index (χ2n) is 5.22. The van der Waals surface area contributed by atoms with E-state index in [9.17, 15) is 4.79 Å². The third-order valence-corrected chi connectivity index (χ3v) is 3.25. The number of likely N-dealkylation sites (tertiary alicyclic amines) is 1. The van der Waals surface area contributed by atoms with E-state index >= 15 is 0 Å². The normalized spacial score (nSPS) is 18.6. The van der Waals surface area contributed by atoms with Crippen molar-refractivity contribution in [3.8, 4) is 0 Å². The number of carbonyl (C=O) groups excluding carboxylic acids is 1. The van der Waals surface area contributed by atoms with Crippen molar-refractivity contribution in [2.24, 2.45) is 5.92 Å². The molecule has 4 heteroatoms. The highest BCUT2D eigenvalue weighted by atomic mass is 16.5. The van der Waals surface area contributed by atoms with Crippen molar-refractivity contribution in [1.29, 1.82) is 0 Å². The van der Waals surface area contributed by atoms with Crippen LogP contribution >= 0.6 is 0 Å². The summed E-state index contributed by atoms with van der Waals surface area (Å²) < 4.78 is 5.10. The van der Waals surface area contributed by atoms with Gasteiger partial charge in [0.05, 0.1) is 6.54 Å². The summed E-state index contributed by atoms with van der Waals surface area (Å²) in [7, 11) is 1.76. The molecule has 1 aliphatic rings. The molecule has 0 unspecified atom stereocenters. The van der Waals surface area contributed by atoms with Crippen LogP contribution in [-0.2, 0) is 9.53 Å². The first kappa shape index (κ1) is 14.5. The summed E-state index contributed by atoms with van der Waals surface area (Å²) in [6.45, 7) is 7.48. The largest absolute Gasteiger partial charge is 0.385 e. The van der Waals surface area contributed by atoms with E-state index in [0.717, 1.165) is 32.0 Å². The van der Waals surface area contributed by atoms with Crippen LogP contribution in [0.1, 0.15) is 33.1 Å². The van der Waals surface area contributed by atoms with Gasteiger partial charge in [0, 0.05) is 19.8 Å². The van der Waals surface area contributed by atoms with Crippen LogP contribution in [0.4, 0.5) is 0 Å². The maximum absolute atomic E-state index is 11.6. The zero-order valence-electron chi connectivity index (χ0n) is 11.4. The Bertz CT molecular complexity index is 223. The molecule has 0 saturated carbocycles. The van der Waals surface area contributed by atoms with Crippen molar-refractivity contribution >= 4 is 5.91 Å². The summed E-state index contributed by atoms with van der Waals surface area (Å²) in [6, 6.07) is 0.238. The Labute approximate surface area is 105 Å². The van der Waals surface area contributed by atoms with Crippen molar-refractivity contribution < 1.29 is 9.53 Å². The van der Waals surface area contributed by atoms with E-state index in [1.807, 2.05) is 13.8 Å². The Kier molecular flexibility index (Phi) is 6.52. The van der Waals surface area contributed by atoms with Crippen LogP contribution in [0.25, 0.3) is 0 Å². The zero-order chi connectivity index (χ0) is 12.7. The molecule has 1 saturated heterocycles. The second-order valence-corrected chi connectivity index (χ2v) is 5.22. The van der Waals surface area contributed by atoms with E-state index < -0.39 is 0 Å². The molecule has 17 heavy (non-hydrogen) atoms. The number of amides is 1. The maximum Gasteiger partial charge on any atom is 0.234 e. The molecule has 1 fully saturated rings. The van der Waals surface area contributed by atoms with Gasteiger partial charge in [-0.1, -0.05) is 0 Å². The van der Waals surface area contributed by atoms with Crippen LogP contribution in [0, 0.1) is 5.92 Å². The Morgan fingerprint density at radius 3 is 2.59 bits per heavy atom. The van der Waals surface area contributed by atoms with Gasteiger partial charge in [0.25, 0.3) is 0 Å². The minimum Gasteiger partial charge on any atom is -0.385 e. The second kappa shape index (κ2) is 7.67. The van der Waals surface area contributed by atoms with Crippen molar-refractivity contribution in [3.63, 3.8) is 0 Å². The monoisotopic (exact) mass is 242 g/mol. The molecule has 4 nitrogen and oxygen atoms in total. The molecule has 1 aliphatic heterocycles. The molecule has 0 aromatic carbocycles. The van der Waals surface area contributed by atoms with Gasteiger partial charge in [-0.05, 0) is 52.1 Å². The summed E-state index contributed by atoms with van der Waals surface area (Å²) in [6.07, 6.45) is 3.54. The lowest BCUT2D eigenvalue weighted by molar-refractivity contribution is -0.123. The predicted molar refractivity (Wildman–Crippen MR) is 68.9 cm³/mol. The molecule has 0 aromatic rings. The van der Waals surface area contributed by atoms with Crippen LogP contribution in [0.2, 0.25) is 0 Å². The first-order valence-corrected chi connectivity index (χ1v) is 6.62. The molecule has 1 N–H and O–H groups in total. The molecule has 1 rings (SSSR count). The van der Waals surface area contributed by atoms with Crippen molar-refractivity contribution in [2.45, 2.75) is 39.2 Å². The van der Waals surface area contributed by atoms with Crippen LogP contribution < -0.4 is 5.32 Å². The van der Waals surface area contributed by atoms with Crippen molar-refractivity contribution in [3.05, 3.63) is 0 Å². The number of hydrogen-bond donors (Lipinski definition) is 1. The number of hydrogen-bond acceptors (Lipinski definition) is 3. The van der Waals surface area contributed by atoms with Gasteiger partial charge in [-0.2, -0.15) is 0 Å². The predicted octanol–water partition coefficient (Wildman–Crippen LogP) is 1.26. The SMILES string of the molecule is COCCC1CCN(CC(=O)NC(C)C)CC1. The van der Waals surface area contributed by atoms with Gasteiger partial charge in [-0.15, -0.1) is 0 Å². The van der Waals surface area contributed by atoms with Crippen LogP contribution in [0.15, 0.2) is 0 Å². The highest BCUT2D eigenvalue weighted by Crippen LogP contribution is 2.19. The Hall–Kier alpha value is -0.610. The summed E-state index contributed by atoms with van der Waals surface area (Å²) >= 11 is 0. The lowest BCUT2D eigenvalue weighted by Crippen LogP contribution is -2.43. The van der Waals surface area contributed by atoms with E-state index in [-0.39, 0.29) is 11.9 Å². The minimum atomic E-state index is 0.148. The van der Waals surface area contributed by atoms with E-state index in [2.05, 4.69) is 10.2 Å². The van der Waals surface area contributed by atoms with Gasteiger partial charge in [0.2, 0.25) is 5.91 Å². The smallest absolute Gasteiger partial charge is 0.234 e. The summed E-state index contributed by atoms with van der Waals surface area (Å²) in [5, 5.41) is 2.93. The average molecular weight is 242 g/mol. The molecular formula is C13H26N2O2. The summed E-state index contributed by atoms with van der Waals surface area (Å²) in [5.41, 5.74) is 0. The lowest BCUT2D eigenvalue weighted by atomic mass is 9.94. The Morgan fingerprint density at radius 2 is 2.06 bits per heavy atom. The first-order chi connectivity index (χ1) is 8.11. The molecule has 1 heterocycles. The van der Waals surface area contributed by atoms with Gasteiger partial charge >= 0.3 is 0 Å². The molecule has 0 spiro atoms. The Balaban J connectivity index is 2.16. The number of carbonyl (C=O) groups is 1. The highest BCUT2D eigenvalue weighted by Gasteiger charge is 2.20. The lowest BCUT2D eigenvalue weighted by Gasteiger charge is -2.31. The number of methoxy groups -OCH3 is 1. The van der Waals surface area contributed by atoms with Gasteiger partial charge in [0.15, 0.2) is 0 Å². The fraction of sp³-hybridized carbons (Fsp3) is 0.923. The van der Waals surface area contributed by atoms with Gasteiger partial charge in [-0.25, -0.2) is 0 Å². The van der Waals surface area contributed by atoms with Crippen LogP contribution in [-0.4, -0.2) is 50.2 Å². The van der Waals surface area contributed by atoms with Gasteiger partial charge in [0.1, 0.15) is 0 Å². The standard InChI is InChI=1S/C13H26N2O2/c1-11(2)14-13(16)10-15-7-4-12(5-8-15)6-9-17-3/h11-12H,4-10H2,1-3H3,(H,14,16). The van der Waals surface area contributed by atoms with Crippen molar-refractivity contribution in [1.82, 2.24) is 10.2 Å². The topological polar surface area (TPSA) is 41.6 Å². The molecule has 0 radical (unpaired) electrons. The zero-order valence-corrected chi connectivity index (χ0v) is 11.4. The Morgan fingerprint density at radius 1 is 1.41 bits per heavy atom. The minimum absolute atomic E-state index is 0.148. The fourth-order valence-electron chi connectivity index (χ4n) is 2.29. The quantitative estimate of drug-likeness (QED) is 0.762. The van der Waals surface area contributed by atoms with Crippen LogP contribution in [0.5, 0.6) is 0 Å². The average Bonchev–Trinajstić information content (AvgIpc) is 2.27. The van der Waals surface area contributed by atoms with Gasteiger partial charge in [-0.3, -0.25) is 9.69 Å².